The van der Waals surface area contributed by atoms with Gasteiger partial charge in [-0.05, 0) is 62.2 Å². The second-order valence-electron chi connectivity index (χ2n) is 10.7. The molecule has 11 heteroatoms. The topological polar surface area (TPSA) is 115 Å². The summed E-state index contributed by atoms with van der Waals surface area (Å²) in [6.45, 7) is 7.16. The second-order valence-corrected chi connectivity index (χ2v) is 12.2. The van der Waals surface area contributed by atoms with E-state index in [-0.39, 0.29) is 16.7 Å². The molecule has 1 fully saturated rings. The number of urea groups is 1. The molecule has 1 saturated heterocycles. The van der Waals surface area contributed by atoms with Crippen molar-refractivity contribution in [1.29, 1.82) is 5.26 Å². The number of nitrogens with one attached hydrogen (secondary N) is 1. The van der Waals surface area contributed by atoms with Crippen LogP contribution in [0.15, 0.2) is 18.3 Å². The number of aromatic nitrogens is 2. The number of amides is 3. The van der Waals surface area contributed by atoms with Gasteiger partial charge in [-0.1, -0.05) is 13.8 Å². The number of carbonyl (C=O) groups excluding carboxylic acids is 2. The maximum Gasteiger partial charge on any atom is 0.328 e. The summed E-state index contributed by atoms with van der Waals surface area (Å²) in [5, 5.41) is 12.5. The van der Waals surface area contributed by atoms with Gasteiger partial charge < -0.3 is 9.64 Å². The molecule has 0 aliphatic carbocycles. The van der Waals surface area contributed by atoms with Crippen LogP contribution in [-0.2, 0) is 24.2 Å². The average Bonchev–Trinajstić information content (AvgIpc) is 2.92. The number of nitriles is 1. The van der Waals surface area contributed by atoms with E-state index < -0.39 is 0 Å². The number of nitrogens with zero attached hydrogens (tertiary/aromatic N) is 6. The number of thioether (sulfide) groups is 1. The van der Waals surface area contributed by atoms with E-state index in [2.05, 4.69) is 36.5 Å². The first kappa shape index (κ1) is 28.6. The van der Waals surface area contributed by atoms with Gasteiger partial charge in [-0.15, -0.1) is 0 Å². The number of pyridine rings is 2. The van der Waals surface area contributed by atoms with Crippen molar-refractivity contribution >= 4 is 35.3 Å². The van der Waals surface area contributed by atoms with E-state index in [9.17, 15) is 14.9 Å². The highest BCUT2D eigenvalue weighted by atomic mass is 32.2. The van der Waals surface area contributed by atoms with E-state index in [0.717, 1.165) is 42.5 Å². The molecule has 0 bridgehead atoms. The summed E-state index contributed by atoms with van der Waals surface area (Å²) in [6, 6.07) is 5.69. The van der Waals surface area contributed by atoms with Crippen LogP contribution in [0.1, 0.15) is 48.9 Å². The molecule has 0 aromatic carbocycles. The van der Waals surface area contributed by atoms with Crippen LogP contribution in [0.5, 0.6) is 5.88 Å². The van der Waals surface area contributed by atoms with Crippen LogP contribution in [0.25, 0.3) is 0 Å². The number of ether oxygens (including phenoxy) is 1. The Morgan fingerprint density at radius 1 is 1.26 bits per heavy atom. The molecule has 208 valence electrons. The summed E-state index contributed by atoms with van der Waals surface area (Å²) in [5.41, 5.74) is 3.17. The van der Waals surface area contributed by atoms with Gasteiger partial charge in [-0.25, -0.2) is 9.78 Å². The minimum absolute atomic E-state index is 0.0795. The average molecular weight is 552 g/mol. The molecule has 2 aromatic rings. The van der Waals surface area contributed by atoms with E-state index in [0.29, 0.717) is 55.7 Å². The minimum Gasteiger partial charge on any atom is -0.481 e. The highest BCUT2D eigenvalue weighted by Crippen LogP contribution is 2.32. The van der Waals surface area contributed by atoms with E-state index in [1.54, 1.807) is 29.8 Å². The van der Waals surface area contributed by atoms with Gasteiger partial charge in [0.2, 0.25) is 11.8 Å². The second kappa shape index (κ2) is 12.2. The van der Waals surface area contributed by atoms with Crippen LogP contribution in [0.4, 0.5) is 16.4 Å². The monoisotopic (exact) mass is 551 g/mol. The molecule has 1 N–H and O–H groups in total. The van der Waals surface area contributed by atoms with Crippen molar-refractivity contribution < 1.29 is 14.3 Å². The Hall–Kier alpha value is -3.36. The number of carbonyl (C=O) groups is 2. The molecule has 2 aliphatic heterocycles. The van der Waals surface area contributed by atoms with Crippen LogP contribution in [0.2, 0.25) is 0 Å². The van der Waals surface area contributed by atoms with Gasteiger partial charge in [0, 0.05) is 36.1 Å². The first-order chi connectivity index (χ1) is 18.6. The maximum absolute atomic E-state index is 13.4. The molecule has 10 nitrogen and oxygen atoms in total. The molecule has 0 unspecified atom stereocenters. The number of rotatable bonds is 8. The van der Waals surface area contributed by atoms with Crippen molar-refractivity contribution in [1.82, 2.24) is 19.8 Å². The quantitative estimate of drug-likeness (QED) is 0.528. The van der Waals surface area contributed by atoms with Crippen molar-refractivity contribution in [2.45, 2.75) is 50.8 Å². The molecule has 0 saturated carbocycles. The Balaban J connectivity index is 1.53. The van der Waals surface area contributed by atoms with Gasteiger partial charge in [0.15, 0.2) is 0 Å². The zero-order chi connectivity index (χ0) is 28.2. The fourth-order valence-corrected chi connectivity index (χ4v) is 5.11. The summed E-state index contributed by atoms with van der Waals surface area (Å²) in [4.78, 5) is 40.4. The van der Waals surface area contributed by atoms with E-state index in [1.807, 2.05) is 22.9 Å². The summed E-state index contributed by atoms with van der Waals surface area (Å²) in [7, 11) is 3.49. The smallest absolute Gasteiger partial charge is 0.328 e. The van der Waals surface area contributed by atoms with Crippen molar-refractivity contribution in [3.05, 3.63) is 40.6 Å². The van der Waals surface area contributed by atoms with Crippen molar-refractivity contribution in [3.8, 4) is 11.9 Å². The van der Waals surface area contributed by atoms with Gasteiger partial charge in [-0.3, -0.25) is 19.9 Å². The number of aryl methyl sites for hydroxylation is 2. The number of fused-ring (bicyclic) bond motifs is 1. The standard InChI is InChI=1S/C28H37N7O3S/c1-28(2,39-5)9-8-19-14-23(30-16-22(19)15-29)31-27(37)35-10-6-7-20-13-21(26(38-4)32-25(20)35)17-34-12-11-33(3)18-24(34)36/h13-14,16H,6-12,17-18H2,1-5H3,(H,30,31,37). The van der Waals surface area contributed by atoms with Crippen LogP contribution in [-0.4, -0.2) is 83.0 Å². The Kier molecular flexibility index (Phi) is 8.97. The van der Waals surface area contributed by atoms with Gasteiger partial charge >= 0.3 is 6.03 Å². The fraction of sp³-hybridized carbons (Fsp3) is 0.536. The van der Waals surface area contributed by atoms with Crippen molar-refractivity contribution in [2.75, 3.05) is 56.8 Å². The fourth-order valence-electron chi connectivity index (χ4n) is 4.80. The van der Waals surface area contributed by atoms with Crippen molar-refractivity contribution in [3.63, 3.8) is 0 Å². The highest BCUT2D eigenvalue weighted by molar-refractivity contribution is 7.99. The zero-order valence-corrected chi connectivity index (χ0v) is 24.2. The third kappa shape index (κ3) is 6.81. The normalized spacial score (nSPS) is 16.1. The predicted octanol–water partition coefficient (Wildman–Crippen LogP) is 3.69. The highest BCUT2D eigenvalue weighted by Gasteiger charge is 2.29. The first-order valence-corrected chi connectivity index (χ1v) is 14.4. The molecule has 4 heterocycles. The first-order valence-electron chi connectivity index (χ1n) is 13.2. The number of piperazine rings is 1. The Bertz CT molecular complexity index is 1280. The van der Waals surface area contributed by atoms with Gasteiger partial charge in [0.1, 0.15) is 17.7 Å². The Morgan fingerprint density at radius 2 is 2.05 bits per heavy atom. The molecule has 0 spiro atoms. The molecular formula is C28H37N7O3S. The molecule has 2 aliphatic rings. The van der Waals surface area contributed by atoms with Crippen LogP contribution < -0.4 is 15.0 Å². The lowest BCUT2D eigenvalue weighted by Gasteiger charge is -2.33. The Morgan fingerprint density at radius 3 is 2.74 bits per heavy atom. The summed E-state index contributed by atoms with van der Waals surface area (Å²) in [6.07, 6.45) is 6.78. The lowest BCUT2D eigenvalue weighted by atomic mass is 9.99. The van der Waals surface area contributed by atoms with Crippen molar-refractivity contribution in [2.24, 2.45) is 0 Å². The van der Waals surface area contributed by atoms with Gasteiger partial charge in [0.05, 0.1) is 25.8 Å². The molecule has 3 amide bonds. The summed E-state index contributed by atoms with van der Waals surface area (Å²) >= 11 is 1.79. The number of methoxy groups -OCH3 is 1. The Labute approximate surface area is 234 Å². The van der Waals surface area contributed by atoms with E-state index in [4.69, 9.17) is 9.72 Å². The minimum atomic E-state index is -0.333. The number of hydrogen-bond acceptors (Lipinski definition) is 8. The van der Waals surface area contributed by atoms with Gasteiger partial charge in [-0.2, -0.15) is 22.0 Å². The van der Waals surface area contributed by atoms with Crippen LogP contribution >= 0.6 is 11.8 Å². The molecule has 2 aromatic heterocycles. The van der Waals surface area contributed by atoms with Gasteiger partial charge in [0.25, 0.3) is 0 Å². The SMILES string of the molecule is COc1nc2c(cc1CN1CCN(C)CC1=O)CCCN2C(=O)Nc1cc(CCC(C)(C)SC)c(C#N)cn1. The largest absolute Gasteiger partial charge is 0.481 e. The number of likely N-dealkylation sites (N-methyl/N-ethyl adjacent to an activating group) is 1. The number of anilines is 2. The molecule has 0 radical (unpaired) electrons. The predicted molar refractivity (Wildman–Crippen MR) is 153 cm³/mol. The third-order valence-corrected chi connectivity index (χ3v) is 8.71. The molecular weight excluding hydrogens is 514 g/mol. The van der Waals surface area contributed by atoms with Crippen LogP contribution in [0.3, 0.4) is 0 Å². The number of hydrogen-bond donors (Lipinski definition) is 1. The van der Waals surface area contributed by atoms with E-state index >= 15 is 0 Å². The lowest BCUT2D eigenvalue weighted by Crippen LogP contribution is -2.48. The molecule has 39 heavy (non-hydrogen) atoms. The lowest BCUT2D eigenvalue weighted by molar-refractivity contribution is -0.136. The zero-order valence-electron chi connectivity index (χ0n) is 23.4. The third-order valence-electron chi connectivity index (χ3n) is 7.40. The summed E-state index contributed by atoms with van der Waals surface area (Å²) < 4.78 is 5.68. The maximum atomic E-state index is 13.4. The van der Waals surface area contributed by atoms with E-state index in [1.165, 1.54) is 6.20 Å². The molecule has 4 rings (SSSR count). The van der Waals surface area contributed by atoms with Crippen LogP contribution in [0, 0.1) is 11.3 Å². The molecule has 0 atom stereocenters. The summed E-state index contributed by atoms with van der Waals surface area (Å²) in [5.74, 6) is 1.45.